The summed E-state index contributed by atoms with van der Waals surface area (Å²) in [5.74, 6) is -0.180. The Labute approximate surface area is 179 Å². The zero-order valence-corrected chi connectivity index (χ0v) is 18.0. The van der Waals surface area contributed by atoms with Crippen LogP contribution >= 0.6 is 11.6 Å². The summed E-state index contributed by atoms with van der Waals surface area (Å²) >= 11 is 5.96. The molecule has 0 atom stereocenters. The van der Waals surface area contributed by atoms with Gasteiger partial charge in [0, 0.05) is 24.2 Å². The number of nitrogens with zero attached hydrogens (tertiary/aromatic N) is 2. The van der Waals surface area contributed by atoms with Crippen molar-refractivity contribution in [1.29, 1.82) is 5.26 Å². The molecule has 1 aromatic heterocycles. The van der Waals surface area contributed by atoms with E-state index in [1.165, 1.54) is 19.1 Å². The first-order valence-electron chi connectivity index (χ1n) is 9.17. The summed E-state index contributed by atoms with van der Waals surface area (Å²) in [6, 6.07) is 6.74. The highest BCUT2D eigenvalue weighted by Gasteiger charge is 2.17. The van der Waals surface area contributed by atoms with E-state index in [1.807, 2.05) is 6.07 Å². The third-order valence-electron chi connectivity index (χ3n) is 4.75. The largest absolute Gasteiger partial charge is 0.495 e. The van der Waals surface area contributed by atoms with Crippen molar-refractivity contribution >= 4 is 29.1 Å². The first kappa shape index (κ1) is 23.0. The lowest BCUT2D eigenvalue weighted by Crippen LogP contribution is -2.35. The molecule has 0 saturated heterocycles. The average Bonchev–Trinajstić information content (AvgIpc) is 2.67. The van der Waals surface area contributed by atoms with E-state index < -0.39 is 11.5 Å². The number of rotatable bonds is 7. The number of carbonyl (C=O) groups is 2. The average molecular weight is 431 g/mol. The number of aryl methyl sites for hydroxylation is 1. The maximum absolute atomic E-state index is 12.5. The number of aromatic nitrogens is 1. The second kappa shape index (κ2) is 9.94. The van der Waals surface area contributed by atoms with Gasteiger partial charge in [0.25, 0.3) is 5.56 Å². The molecule has 0 fully saturated rings. The van der Waals surface area contributed by atoms with Crippen molar-refractivity contribution in [3.05, 3.63) is 56.0 Å². The number of benzene rings is 1. The molecule has 0 aliphatic heterocycles. The molecule has 9 heteroatoms. The summed E-state index contributed by atoms with van der Waals surface area (Å²) < 4.78 is 5.19. The number of anilines is 1. The molecule has 0 unspecified atom stereocenters. The van der Waals surface area contributed by atoms with Gasteiger partial charge in [-0.2, -0.15) is 5.26 Å². The van der Waals surface area contributed by atoms with E-state index in [0.717, 1.165) is 5.56 Å². The normalized spacial score (nSPS) is 10.3. The van der Waals surface area contributed by atoms with Crippen LogP contribution in [-0.2, 0) is 16.0 Å². The monoisotopic (exact) mass is 430 g/mol. The first-order chi connectivity index (χ1) is 14.2. The molecule has 0 radical (unpaired) electrons. The van der Waals surface area contributed by atoms with E-state index in [2.05, 4.69) is 10.3 Å². The molecule has 8 nitrogen and oxygen atoms in total. The zero-order chi connectivity index (χ0) is 22.4. The van der Waals surface area contributed by atoms with E-state index in [9.17, 15) is 14.4 Å². The number of aromatic amines is 1. The maximum atomic E-state index is 12.5. The number of nitriles is 1. The lowest BCUT2D eigenvalue weighted by molar-refractivity contribution is -0.133. The van der Waals surface area contributed by atoms with Gasteiger partial charge in [0.1, 0.15) is 17.4 Å². The number of halogens is 1. The molecule has 0 aliphatic carbocycles. The number of likely N-dealkylation sites (N-methyl/N-ethyl adjacent to an activating group) is 1. The van der Waals surface area contributed by atoms with Crippen molar-refractivity contribution < 1.29 is 14.3 Å². The van der Waals surface area contributed by atoms with Gasteiger partial charge in [0.2, 0.25) is 11.8 Å². The van der Waals surface area contributed by atoms with Crippen LogP contribution < -0.4 is 15.6 Å². The van der Waals surface area contributed by atoms with Gasteiger partial charge in [-0.1, -0.05) is 11.6 Å². The topological polar surface area (TPSA) is 115 Å². The Kier molecular flexibility index (Phi) is 7.61. The predicted molar refractivity (Wildman–Crippen MR) is 114 cm³/mol. The van der Waals surface area contributed by atoms with Gasteiger partial charge in [-0.25, -0.2) is 0 Å². The van der Waals surface area contributed by atoms with Gasteiger partial charge in [-0.3, -0.25) is 14.4 Å². The number of H-pyrrole nitrogens is 1. The predicted octanol–water partition coefficient (Wildman–Crippen LogP) is 2.56. The third-order valence-corrected chi connectivity index (χ3v) is 4.99. The summed E-state index contributed by atoms with van der Waals surface area (Å²) in [4.78, 5) is 40.6. The molecule has 2 aromatic rings. The number of amides is 2. The summed E-state index contributed by atoms with van der Waals surface area (Å²) in [7, 11) is 3.01. The molecule has 1 aromatic carbocycles. The minimum Gasteiger partial charge on any atom is -0.495 e. The fraction of sp³-hybridized carbons (Fsp3) is 0.333. The molecular weight excluding hydrogens is 408 g/mol. The number of hydrogen-bond donors (Lipinski definition) is 2. The molecule has 2 amide bonds. The summed E-state index contributed by atoms with van der Waals surface area (Å²) in [6.07, 6.45) is 0.471. The molecule has 2 N–H and O–H groups in total. The summed E-state index contributed by atoms with van der Waals surface area (Å²) in [5.41, 5.74) is 1.97. The Morgan fingerprint density at radius 1 is 1.33 bits per heavy atom. The Hall–Kier alpha value is -3.31. The van der Waals surface area contributed by atoms with Crippen LogP contribution in [0.4, 0.5) is 5.69 Å². The molecular formula is C21H23ClN4O4. The molecule has 0 saturated carbocycles. The smallest absolute Gasteiger partial charge is 0.266 e. The molecule has 1 heterocycles. The first-order valence-corrected chi connectivity index (χ1v) is 9.55. The minimum absolute atomic E-state index is 0.0475. The van der Waals surface area contributed by atoms with Crippen LogP contribution in [0, 0.1) is 25.2 Å². The van der Waals surface area contributed by atoms with Gasteiger partial charge >= 0.3 is 0 Å². The van der Waals surface area contributed by atoms with Crippen molar-refractivity contribution in [3.8, 4) is 11.8 Å². The van der Waals surface area contributed by atoms with Crippen molar-refractivity contribution in [2.45, 2.75) is 26.7 Å². The summed E-state index contributed by atoms with van der Waals surface area (Å²) in [6.45, 7) is 3.27. The van der Waals surface area contributed by atoms with E-state index in [0.29, 0.717) is 34.1 Å². The molecule has 0 spiro atoms. The van der Waals surface area contributed by atoms with Crippen molar-refractivity contribution in [3.63, 3.8) is 0 Å². The highest BCUT2D eigenvalue weighted by molar-refractivity contribution is 6.31. The van der Waals surface area contributed by atoms with Crippen LogP contribution in [0.15, 0.2) is 23.0 Å². The fourth-order valence-electron chi connectivity index (χ4n) is 3.11. The van der Waals surface area contributed by atoms with E-state index >= 15 is 0 Å². The van der Waals surface area contributed by atoms with Gasteiger partial charge < -0.3 is 19.9 Å². The Morgan fingerprint density at radius 3 is 2.67 bits per heavy atom. The Morgan fingerprint density at radius 2 is 2.03 bits per heavy atom. The van der Waals surface area contributed by atoms with Crippen LogP contribution in [0.2, 0.25) is 5.02 Å². The van der Waals surface area contributed by atoms with Crippen molar-refractivity contribution in [2.75, 3.05) is 26.0 Å². The van der Waals surface area contributed by atoms with Crippen LogP contribution in [-0.4, -0.2) is 42.4 Å². The van der Waals surface area contributed by atoms with Crippen molar-refractivity contribution in [1.82, 2.24) is 9.88 Å². The molecule has 0 aliphatic rings. The van der Waals surface area contributed by atoms with Crippen molar-refractivity contribution in [2.24, 2.45) is 0 Å². The van der Waals surface area contributed by atoms with Crippen LogP contribution in [0.1, 0.15) is 28.8 Å². The van der Waals surface area contributed by atoms with Crippen LogP contribution in [0.25, 0.3) is 0 Å². The molecule has 158 valence electrons. The Bertz CT molecular complexity index is 1070. The number of carbonyl (C=O) groups excluding carboxylic acids is 2. The lowest BCUT2D eigenvalue weighted by atomic mass is 9.99. The Balaban J connectivity index is 2.01. The second-order valence-electron chi connectivity index (χ2n) is 6.81. The highest BCUT2D eigenvalue weighted by atomic mass is 35.5. The maximum Gasteiger partial charge on any atom is 0.266 e. The molecule has 2 rings (SSSR count). The number of nitrogens with one attached hydrogen (secondary N) is 2. The highest BCUT2D eigenvalue weighted by Crippen LogP contribution is 2.27. The van der Waals surface area contributed by atoms with Gasteiger partial charge in [-0.15, -0.1) is 0 Å². The van der Waals surface area contributed by atoms with E-state index in [1.54, 1.807) is 32.0 Å². The quantitative estimate of drug-likeness (QED) is 0.700. The number of hydrogen-bond acceptors (Lipinski definition) is 5. The second-order valence-corrected chi connectivity index (χ2v) is 7.25. The van der Waals surface area contributed by atoms with Gasteiger partial charge in [0.05, 0.1) is 19.3 Å². The third kappa shape index (κ3) is 5.39. The van der Waals surface area contributed by atoms with Crippen LogP contribution in [0.5, 0.6) is 5.75 Å². The number of ether oxygens (including phenoxy) is 1. The number of methoxy groups -OCH3 is 1. The standard InChI is InChI=1S/C21H23ClN4O4/c1-12-15(13(2)24-21(29)16(12)10-23)6-8-20(28)26(3)11-19(27)25-17-9-14(22)5-7-18(17)30-4/h5,7,9H,6,8,11H2,1-4H3,(H,24,29)(H,25,27). The molecule has 30 heavy (non-hydrogen) atoms. The van der Waals surface area contributed by atoms with Gasteiger partial charge in [0.15, 0.2) is 0 Å². The van der Waals surface area contributed by atoms with Gasteiger partial charge in [-0.05, 0) is 49.6 Å². The zero-order valence-electron chi connectivity index (χ0n) is 17.3. The lowest BCUT2D eigenvalue weighted by Gasteiger charge is -2.18. The minimum atomic E-state index is -0.437. The van der Waals surface area contributed by atoms with E-state index in [-0.39, 0.29) is 24.4 Å². The fourth-order valence-corrected chi connectivity index (χ4v) is 3.29. The van der Waals surface area contributed by atoms with E-state index in [4.69, 9.17) is 21.6 Å². The van der Waals surface area contributed by atoms with Crippen LogP contribution in [0.3, 0.4) is 0 Å². The summed E-state index contributed by atoms with van der Waals surface area (Å²) in [5, 5.41) is 12.3. The SMILES string of the molecule is COc1ccc(Cl)cc1NC(=O)CN(C)C(=O)CCc1c(C)[nH]c(=O)c(C#N)c1C. The molecule has 0 bridgehead atoms. The number of pyridine rings is 1.